The highest BCUT2D eigenvalue weighted by Crippen LogP contribution is 2.16. The van der Waals surface area contributed by atoms with E-state index in [1.165, 1.54) is 6.08 Å². The first kappa shape index (κ1) is 17.5. The third-order valence-electron chi connectivity index (χ3n) is 3.82. The Labute approximate surface area is 154 Å². The fraction of sp³-hybridized carbons (Fsp3) is 0.0870. The number of hydrogen-bond donors (Lipinski definition) is 1. The molecule has 3 heteroatoms. The Morgan fingerprint density at radius 3 is 2.58 bits per heavy atom. The number of carbonyl (C=O) groups excluding carboxylic acids is 1. The Balaban J connectivity index is 1.59. The van der Waals surface area contributed by atoms with Crippen molar-refractivity contribution >= 4 is 17.7 Å². The van der Waals surface area contributed by atoms with Crippen LogP contribution in [-0.2, 0) is 11.4 Å². The van der Waals surface area contributed by atoms with Gasteiger partial charge >= 0.3 is 0 Å². The van der Waals surface area contributed by atoms with Crippen molar-refractivity contribution in [2.45, 2.75) is 13.5 Å². The van der Waals surface area contributed by atoms with Gasteiger partial charge in [-0.25, -0.2) is 0 Å². The van der Waals surface area contributed by atoms with Gasteiger partial charge in [-0.1, -0.05) is 54.6 Å². The Hall–Kier alpha value is -3.33. The predicted octanol–water partition coefficient (Wildman–Crippen LogP) is 5.23. The van der Waals surface area contributed by atoms with Gasteiger partial charge in [0.25, 0.3) is 0 Å². The number of carbonyl (C=O) groups is 1. The molecule has 0 aliphatic heterocycles. The number of rotatable bonds is 6. The van der Waals surface area contributed by atoms with Crippen LogP contribution in [0.25, 0.3) is 6.08 Å². The molecule has 0 heterocycles. The van der Waals surface area contributed by atoms with E-state index in [0.717, 1.165) is 28.1 Å². The van der Waals surface area contributed by atoms with Gasteiger partial charge in [-0.2, -0.15) is 0 Å². The van der Waals surface area contributed by atoms with Gasteiger partial charge in [0.05, 0.1) is 0 Å². The molecule has 26 heavy (non-hydrogen) atoms. The largest absolute Gasteiger partial charge is 0.489 e. The van der Waals surface area contributed by atoms with Gasteiger partial charge in [-0.05, 0) is 54.0 Å². The van der Waals surface area contributed by atoms with Gasteiger partial charge < -0.3 is 10.1 Å². The van der Waals surface area contributed by atoms with Crippen molar-refractivity contribution in [1.82, 2.24) is 0 Å². The second-order valence-electron chi connectivity index (χ2n) is 6.04. The molecular formula is C23H21NO2. The van der Waals surface area contributed by atoms with E-state index < -0.39 is 0 Å². The lowest BCUT2D eigenvalue weighted by molar-refractivity contribution is -0.111. The van der Waals surface area contributed by atoms with Crippen molar-refractivity contribution in [3.05, 3.63) is 102 Å². The normalized spacial score (nSPS) is 10.7. The topological polar surface area (TPSA) is 38.3 Å². The highest BCUT2D eigenvalue weighted by molar-refractivity contribution is 6.01. The van der Waals surface area contributed by atoms with E-state index in [1.807, 2.05) is 85.8 Å². The maximum Gasteiger partial charge on any atom is 0.248 e. The van der Waals surface area contributed by atoms with Gasteiger partial charge in [0, 0.05) is 11.8 Å². The van der Waals surface area contributed by atoms with E-state index in [0.29, 0.717) is 6.61 Å². The molecule has 0 aliphatic rings. The fourth-order valence-electron chi connectivity index (χ4n) is 2.53. The zero-order chi connectivity index (χ0) is 18.2. The van der Waals surface area contributed by atoms with E-state index in [-0.39, 0.29) is 5.91 Å². The summed E-state index contributed by atoms with van der Waals surface area (Å²) in [5, 5.41) is 2.86. The van der Waals surface area contributed by atoms with Crippen LogP contribution in [0.15, 0.2) is 84.9 Å². The molecule has 0 fully saturated rings. The van der Waals surface area contributed by atoms with Crippen molar-refractivity contribution in [1.29, 1.82) is 0 Å². The van der Waals surface area contributed by atoms with Crippen LogP contribution >= 0.6 is 0 Å². The summed E-state index contributed by atoms with van der Waals surface area (Å²) < 4.78 is 5.81. The molecule has 0 saturated carbocycles. The van der Waals surface area contributed by atoms with Crippen LogP contribution in [0, 0.1) is 6.92 Å². The van der Waals surface area contributed by atoms with Crippen LogP contribution in [0.4, 0.5) is 5.69 Å². The smallest absolute Gasteiger partial charge is 0.248 e. The highest BCUT2D eigenvalue weighted by atomic mass is 16.5. The Morgan fingerprint density at radius 1 is 0.962 bits per heavy atom. The summed E-state index contributed by atoms with van der Waals surface area (Å²) >= 11 is 0. The van der Waals surface area contributed by atoms with Crippen molar-refractivity contribution in [2.75, 3.05) is 5.32 Å². The van der Waals surface area contributed by atoms with Crippen LogP contribution in [-0.4, -0.2) is 5.91 Å². The summed E-state index contributed by atoms with van der Waals surface area (Å²) in [5.74, 6) is 0.612. The van der Waals surface area contributed by atoms with Gasteiger partial charge in [0.2, 0.25) is 5.91 Å². The second-order valence-corrected chi connectivity index (χ2v) is 6.04. The monoisotopic (exact) mass is 343 g/mol. The van der Waals surface area contributed by atoms with Gasteiger partial charge in [0.15, 0.2) is 0 Å². The van der Waals surface area contributed by atoms with E-state index in [2.05, 4.69) is 5.32 Å². The molecule has 3 rings (SSSR count). The van der Waals surface area contributed by atoms with Gasteiger partial charge in [-0.15, -0.1) is 0 Å². The number of benzene rings is 3. The number of nitrogens with one attached hydrogen (secondary N) is 1. The lowest BCUT2D eigenvalue weighted by Gasteiger charge is -2.07. The van der Waals surface area contributed by atoms with Crippen molar-refractivity contribution in [2.24, 2.45) is 0 Å². The van der Waals surface area contributed by atoms with Crippen LogP contribution in [0.3, 0.4) is 0 Å². The van der Waals surface area contributed by atoms with Gasteiger partial charge in [-0.3, -0.25) is 4.79 Å². The molecule has 1 amide bonds. The summed E-state index contributed by atoms with van der Waals surface area (Å²) in [6.07, 6.45) is 3.30. The van der Waals surface area contributed by atoms with Crippen LogP contribution in [0.1, 0.15) is 16.7 Å². The Bertz CT molecular complexity index is 901. The van der Waals surface area contributed by atoms with Gasteiger partial charge in [0.1, 0.15) is 12.4 Å². The molecule has 0 atom stereocenters. The van der Waals surface area contributed by atoms with Crippen LogP contribution < -0.4 is 10.1 Å². The SMILES string of the molecule is Cc1cccc(NC(=O)/C=C/c2cccc(OCc3ccccc3)c2)c1. The fourth-order valence-corrected chi connectivity index (χ4v) is 2.53. The number of amides is 1. The standard InChI is InChI=1S/C23H21NO2/c1-18-7-5-11-21(15-18)24-23(25)14-13-19-10-6-12-22(16-19)26-17-20-8-3-2-4-9-20/h2-16H,17H2,1H3,(H,24,25)/b14-13+. The predicted molar refractivity (Wildman–Crippen MR) is 106 cm³/mol. The minimum atomic E-state index is -0.161. The third kappa shape index (κ3) is 5.35. The zero-order valence-corrected chi connectivity index (χ0v) is 14.7. The molecule has 0 aliphatic carbocycles. The molecule has 3 aromatic carbocycles. The summed E-state index contributed by atoms with van der Waals surface area (Å²) in [5.41, 5.74) is 3.93. The second kappa shape index (κ2) is 8.67. The molecule has 3 aromatic rings. The molecule has 130 valence electrons. The summed E-state index contributed by atoms with van der Waals surface area (Å²) in [4.78, 5) is 12.1. The first-order valence-corrected chi connectivity index (χ1v) is 8.51. The van der Waals surface area contributed by atoms with Crippen molar-refractivity contribution in [3.8, 4) is 5.75 Å². The third-order valence-corrected chi connectivity index (χ3v) is 3.82. The van der Waals surface area contributed by atoms with E-state index in [1.54, 1.807) is 6.08 Å². The minimum absolute atomic E-state index is 0.161. The lowest BCUT2D eigenvalue weighted by atomic mass is 10.2. The zero-order valence-electron chi connectivity index (χ0n) is 14.7. The molecule has 1 N–H and O–H groups in total. The minimum Gasteiger partial charge on any atom is -0.489 e. The molecule has 0 aromatic heterocycles. The summed E-state index contributed by atoms with van der Waals surface area (Å²) in [6.45, 7) is 2.51. The van der Waals surface area contributed by atoms with Crippen LogP contribution in [0.2, 0.25) is 0 Å². The highest BCUT2D eigenvalue weighted by Gasteiger charge is 1.99. The number of ether oxygens (including phenoxy) is 1. The maximum absolute atomic E-state index is 12.1. The molecular weight excluding hydrogens is 322 g/mol. The molecule has 0 unspecified atom stereocenters. The molecule has 0 spiro atoms. The summed E-state index contributed by atoms with van der Waals surface area (Å²) in [7, 11) is 0. The molecule has 0 bridgehead atoms. The average Bonchev–Trinajstić information content (AvgIpc) is 2.66. The van der Waals surface area contributed by atoms with Crippen LogP contribution in [0.5, 0.6) is 5.75 Å². The van der Waals surface area contributed by atoms with E-state index in [9.17, 15) is 4.79 Å². The van der Waals surface area contributed by atoms with Crippen molar-refractivity contribution < 1.29 is 9.53 Å². The molecule has 3 nitrogen and oxygen atoms in total. The number of anilines is 1. The number of aryl methyl sites for hydroxylation is 1. The quantitative estimate of drug-likeness (QED) is 0.623. The van der Waals surface area contributed by atoms with E-state index in [4.69, 9.17) is 4.74 Å². The van der Waals surface area contributed by atoms with E-state index >= 15 is 0 Å². The summed E-state index contributed by atoms with van der Waals surface area (Å²) in [6, 6.07) is 25.4. The molecule has 0 saturated heterocycles. The first-order chi connectivity index (χ1) is 12.7. The number of hydrogen-bond acceptors (Lipinski definition) is 2. The average molecular weight is 343 g/mol. The van der Waals surface area contributed by atoms with Crippen molar-refractivity contribution in [3.63, 3.8) is 0 Å². The Morgan fingerprint density at radius 2 is 1.77 bits per heavy atom. The first-order valence-electron chi connectivity index (χ1n) is 8.51. The molecule has 0 radical (unpaired) electrons. The lowest BCUT2D eigenvalue weighted by Crippen LogP contribution is -2.07. The Kier molecular flexibility index (Phi) is 5.84. The maximum atomic E-state index is 12.1.